The Bertz CT molecular complexity index is 1260. The van der Waals surface area contributed by atoms with Crippen LogP contribution in [-0.4, -0.2) is 53.3 Å². The molecule has 0 aromatic rings. The molecule has 0 aromatic carbocycles. The van der Waals surface area contributed by atoms with Crippen molar-refractivity contribution in [3.8, 4) is 0 Å². The summed E-state index contributed by atoms with van der Waals surface area (Å²) in [4.78, 5) is 0. The summed E-state index contributed by atoms with van der Waals surface area (Å²) in [6, 6.07) is 0. The normalized spacial score (nSPS) is 30.2. The van der Waals surface area contributed by atoms with Gasteiger partial charge in [0.2, 0.25) is 0 Å². The maximum Gasteiger partial charge on any atom is 0.276 e. The summed E-state index contributed by atoms with van der Waals surface area (Å²) >= 11 is 0. The van der Waals surface area contributed by atoms with Gasteiger partial charge in [0.05, 0.1) is 12.2 Å². The van der Waals surface area contributed by atoms with Gasteiger partial charge in [-0.2, -0.15) is 0 Å². The average Bonchev–Trinajstić information content (AvgIpc) is 3.32. The van der Waals surface area contributed by atoms with Gasteiger partial charge < -0.3 is 18.3 Å². The minimum Gasteiger partial charge on any atom is -0.413 e. The van der Waals surface area contributed by atoms with Crippen molar-refractivity contribution in [2.24, 2.45) is 23.2 Å². The highest BCUT2D eigenvalue weighted by molar-refractivity contribution is 6.74. The highest BCUT2D eigenvalue weighted by Crippen LogP contribution is 2.60. The summed E-state index contributed by atoms with van der Waals surface area (Å²) in [5.74, 6) is -1.83. The number of halogens is 2. The lowest BCUT2D eigenvalue weighted by Crippen LogP contribution is -2.49. The summed E-state index contributed by atoms with van der Waals surface area (Å²) in [5, 5.41) is 0.241. The van der Waals surface area contributed by atoms with Crippen molar-refractivity contribution in [1.29, 1.82) is 0 Å². The van der Waals surface area contributed by atoms with E-state index in [0.717, 1.165) is 50.5 Å². The quantitative estimate of drug-likeness (QED) is 0.131. The molecule has 0 aliphatic heterocycles. The minimum atomic E-state index is -2.95. The molecule has 3 saturated carbocycles. The third kappa shape index (κ3) is 10.4. The van der Waals surface area contributed by atoms with Crippen LogP contribution in [0.1, 0.15) is 141 Å². The molecular weight excluding hydrogens is 675 g/mol. The lowest BCUT2D eigenvalue weighted by Gasteiger charge is -2.46. The molecule has 3 aliphatic carbocycles. The maximum absolute atomic E-state index is 15.6. The number of allylic oxidation sites excluding steroid dienone is 3. The number of ether oxygens (including phenoxy) is 2. The van der Waals surface area contributed by atoms with Gasteiger partial charge >= 0.3 is 0 Å². The van der Waals surface area contributed by atoms with E-state index in [0.29, 0.717) is 24.9 Å². The molecule has 296 valence electrons. The van der Waals surface area contributed by atoms with Crippen molar-refractivity contribution in [2.45, 2.75) is 207 Å². The standard InChI is InChI=1S/C43H78F2O4Si2/c1-18-46-32(4)47-41(11,12)43(44,45)27-25-30(2)36-23-24-37-33(20-19-26-42(36,37)13)21-22-34-28-35(48-50(14,15)39(5,6)7)29-38(31(34)3)49-51(16,17)40(8,9)10/h21-22,30,32,35-38H,3,18-20,23-29H2,1-2,4-17H3/b33-21+,34-22-/t30-,32?,35-,36-,37+,38+,42-/m1/s1. The average molecular weight is 753 g/mol. The molecule has 0 amide bonds. The van der Waals surface area contributed by atoms with E-state index in [1.807, 2.05) is 6.92 Å². The van der Waals surface area contributed by atoms with Gasteiger partial charge in [-0.1, -0.05) is 79.7 Å². The summed E-state index contributed by atoms with van der Waals surface area (Å²) in [6.07, 6.45) is 11.9. The molecule has 7 atom stereocenters. The van der Waals surface area contributed by atoms with E-state index >= 15 is 8.78 Å². The molecule has 0 radical (unpaired) electrons. The van der Waals surface area contributed by atoms with Gasteiger partial charge in [-0.25, -0.2) is 8.78 Å². The van der Waals surface area contributed by atoms with Crippen LogP contribution < -0.4 is 0 Å². The van der Waals surface area contributed by atoms with Gasteiger partial charge in [0, 0.05) is 19.4 Å². The van der Waals surface area contributed by atoms with Crippen molar-refractivity contribution < 1.29 is 27.1 Å². The van der Waals surface area contributed by atoms with Crippen LogP contribution in [0.5, 0.6) is 0 Å². The first kappa shape index (κ1) is 44.7. The Morgan fingerprint density at radius 1 is 0.922 bits per heavy atom. The second-order valence-electron chi connectivity index (χ2n) is 20.2. The SMILES string of the molecule is C=C1/C(=C\C=C2/CCC[C@]3(C)[C@@H]([C@H](C)CCC(F)(F)C(C)(C)OC(C)OCC)CC[C@@H]23)C[C@@H](O[Si](C)(C)C(C)(C)C)C[C@@H]1O[Si](C)(C)C(C)(C)C. The Kier molecular flexibility index (Phi) is 14.2. The van der Waals surface area contributed by atoms with Crippen LogP contribution in [0.15, 0.2) is 35.5 Å². The Hall–Kier alpha value is -0.646. The van der Waals surface area contributed by atoms with Gasteiger partial charge in [-0.15, -0.1) is 0 Å². The second kappa shape index (κ2) is 16.2. The maximum atomic E-state index is 15.6. The van der Waals surface area contributed by atoms with E-state index in [2.05, 4.69) is 100 Å². The minimum absolute atomic E-state index is 0.0386. The van der Waals surface area contributed by atoms with Gasteiger partial charge in [0.15, 0.2) is 22.9 Å². The summed E-state index contributed by atoms with van der Waals surface area (Å²) in [7, 11) is -4.02. The van der Waals surface area contributed by atoms with Crippen molar-refractivity contribution in [3.05, 3.63) is 35.5 Å². The zero-order valence-corrected chi connectivity index (χ0v) is 37.8. The molecule has 8 heteroatoms. The van der Waals surface area contributed by atoms with Crippen molar-refractivity contribution in [3.63, 3.8) is 0 Å². The number of fused-ring (bicyclic) bond motifs is 1. The van der Waals surface area contributed by atoms with Crippen LogP contribution in [0.2, 0.25) is 36.3 Å². The smallest absolute Gasteiger partial charge is 0.276 e. The fraction of sp³-hybridized carbons (Fsp3) is 0.860. The largest absolute Gasteiger partial charge is 0.413 e. The van der Waals surface area contributed by atoms with E-state index in [9.17, 15) is 0 Å². The van der Waals surface area contributed by atoms with E-state index in [1.165, 1.54) is 25.0 Å². The third-order valence-corrected chi connectivity index (χ3v) is 23.1. The zero-order valence-electron chi connectivity index (χ0n) is 35.8. The number of hydrogen-bond acceptors (Lipinski definition) is 4. The van der Waals surface area contributed by atoms with E-state index in [4.69, 9.17) is 18.3 Å². The van der Waals surface area contributed by atoms with E-state index in [1.54, 1.807) is 6.92 Å². The Morgan fingerprint density at radius 3 is 2.08 bits per heavy atom. The summed E-state index contributed by atoms with van der Waals surface area (Å²) in [6.45, 7) is 39.5. The van der Waals surface area contributed by atoms with Crippen molar-refractivity contribution >= 4 is 16.6 Å². The van der Waals surface area contributed by atoms with Gasteiger partial charge in [0.1, 0.15) is 5.60 Å². The van der Waals surface area contributed by atoms with Crippen LogP contribution in [0, 0.1) is 23.2 Å². The molecule has 0 heterocycles. The molecule has 51 heavy (non-hydrogen) atoms. The molecule has 0 aromatic heterocycles. The molecule has 3 aliphatic rings. The topological polar surface area (TPSA) is 36.9 Å². The molecule has 0 bridgehead atoms. The molecule has 3 rings (SSSR count). The van der Waals surface area contributed by atoms with E-state index < -0.39 is 34.4 Å². The van der Waals surface area contributed by atoms with Crippen LogP contribution in [-0.2, 0) is 18.3 Å². The number of hydrogen-bond donors (Lipinski definition) is 0. The molecule has 0 saturated heterocycles. The molecule has 0 N–H and O–H groups in total. The van der Waals surface area contributed by atoms with Gasteiger partial charge in [-0.3, -0.25) is 0 Å². The van der Waals surface area contributed by atoms with Crippen molar-refractivity contribution in [2.75, 3.05) is 6.61 Å². The van der Waals surface area contributed by atoms with Crippen LogP contribution in [0.4, 0.5) is 8.78 Å². The molecule has 3 fully saturated rings. The third-order valence-electron chi connectivity index (χ3n) is 14.1. The van der Waals surface area contributed by atoms with Gasteiger partial charge in [-0.05, 0) is 143 Å². The molecule has 0 spiro atoms. The number of rotatable bonds is 14. The lowest BCUT2D eigenvalue weighted by atomic mass is 9.60. The first-order chi connectivity index (χ1) is 23.1. The van der Waals surface area contributed by atoms with Crippen LogP contribution >= 0.6 is 0 Å². The first-order valence-electron chi connectivity index (χ1n) is 20.2. The van der Waals surface area contributed by atoms with Crippen molar-refractivity contribution in [1.82, 2.24) is 0 Å². The predicted octanol–water partition coefficient (Wildman–Crippen LogP) is 13.4. The highest BCUT2D eigenvalue weighted by atomic mass is 28.4. The molecular formula is C43H78F2O4Si2. The summed E-state index contributed by atoms with van der Waals surface area (Å²) in [5.41, 5.74) is 2.44. The van der Waals surface area contributed by atoms with E-state index in [-0.39, 0.29) is 40.0 Å². The van der Waals surface area contributed by atoms with Gasteiger partial charge in [0.25, 0.3) is 5.92 Å². The monoisotopic (exact) mass is 753 g/mol. The Labute approximate surface area is 315 Å². The number of alkyl halides is 2. The van der Waals surface area contributed by atoms with Crippen LogP contribution in [0.3, 0.4) is 0 Å². The first-order valence-corrected chi connectivity index (χ1v) is 26.0. The van der Waals surface area contributed by atoms with Crippen LogP contribution in [0.25, 0.3) is 0 Å². The molecule has 1 unspecified atom stereocenters. The molecule has 4 nitrogen and oxygen atoms in total. The lowest BCUT2D eigenvalue weighted by molar-refractivity contribution is -0.264. The zero-order chi connectivity index (χ0) is 39.0. The predicted molar refractivity (Wildman–Crippen MR) is 216 cm³/mol. The Morgan fingerprint density at radius 2 is 1.51 bits per heavy atom. The second-order valence-corrected chi connectivity index (χ2v) is 29.7. The fourth-order valence-corrected chi connectivity index (χ4v) is 11.3. The summed E-state index contributed by atoms with van der Waals surface area (Å²) < 4.78 is 56.4. The Balaban J connectivity index is 1.83. The fourth-order valence-electron chi connectivity index (χ4n) is 8.66. The highest BCUT2D eigenvalue weighted by Gasteiger charge is 2.53.